The van der Waals surface area contributed by atoms with Gasteiger partial charge in [-0.25, -0.2) is 9.67 Å². The maximum absolute atomic E-state index is 11.8. The Morgan fingerprint density at radius 2 is 2.15 bits per heavy atom. The van der Waals surface area contributed by atoms with Gasteiger partial charge in [0.2, 0.25) is 5.95 Å². The van der Waals surface area contributed by atoms with Crippen LogP contribution in [0.4, 0.5) is 23.0 Å². The van der Waals surface area contributed by atoms with E-state index in [0.717, 1.165) is 6.29 Å². The summed E-state index contributed by atoms with van der Waals surface area (Å²) in [6.07, 6.45) is 3.90. The maximum Gasteiger partial charge on any atom is 0.294 e. The smallest absolute Gasteiger partial charge is 0.294 e. The Bertz CT molecular complexity index is 1220. The molecular formula is C22H25N7O5. The molecule has 4 rings (SSSR count). The second-order valence-corrected chi connectivity index (χ2v) is 8.15. The Hall–Kier alpha value is -4.06. The molecule has 1 aliphatic heterocycles. The van der Waals surface area contributed by atoms with E-state index in [2.05, 4.69) is 20.4 Å². The Kier molecular flexibility index (Phi) is 6.41. The molecule has 1 saturated heterocycles. The van der Waals surface area contributed by atoms with Gasteiger partial charge in [-0.15, -0.1) is 0 Å². The van der Waals surface area contributed by atoms with E-state index in [1.807, 2.05) is 18.7 Å². The van der Waals surface area contributed by atoms with E-state index in [9.17, 15) is 14.9 Å². The van der Waals surface area contributed by atoms with Crippen molar-refractivity contribution >= 4 is 29.3 Å². The fourth-order valence-corrected chi connectivity index (χ4v) is 3.61. The molecule has 12 nitrogen and oxygen atoms in total. The number of carbonyl (C=O) groups excluding carboxylic acids is 1. The Morgan fingerprint density at radius 3 is 2.71 bits per heavy atom. The zero-order valence-electron chi connectivity index (χ0n) is 19.3. The molecule has 1 aromatic carbocycles. The predicted molar refractivity (Wildman–Crippen MR) is 125 cm³/mol. The SMILES string of the molecule is COc1cc(N(C)C2COC2)c([N+](=O)[O-])cc1Nc1nccc(-n2cc(C=O)c(C(C)C)n2)n1. The standard InChI is InChI=1S/C22H25N7O5/c1-13(2)21-14(10-30)9-28(26-21)20-5-6-23-22(25-20)24-16-7-18(29(31)32)17(8-19(16)33-4)27(3)15-11-34-12-15/h5-10,13,15H,11-12H2,1-4H3,(H,23,24,25). The Balaban J connectivity index is 1.68. The molecule has 2 aromatic heterocycles. The number of benzene rings is 1. The molecule has 3 aromatic rings. The lowest BCUT2D eigenvalue weighted by Gasteiger charge is -2.36. The van der Waals surface area contributed by atoms with E-state index in [0.29, 0.717) is 47.4 Å². The molecule has 0 spiro atoms. The molecule has 34 heavy (non-hydrogen) atoms. The lowest BCUT2D eigenvalue weighted by Crippen LogP contribution is -2.47. The van der Waals surface area contributed by atoms with Crippen molar-refractivity contribution in [3.05, 3.63) is 52.0 Å². The third-order valence-corrected chi connectivity index (χ3v) is 5.61. The molecule has 0 aliphatic carbocycles. The lowest BCUT2D eigenvalue weighted by atomic mass is 10.1. The van der Waals surface area contributed by atoms with Gasteiger partial charge in [-0.1, -0.05) is 13.8 Å². The third kappa shape index (κ3) is 4.39. The quantitative estimate of drug-likeness (QED) is 0.284. The molecule has 0 amide bonds. The summed E-state index contributed by atoms with van der Waals surface area (Å²) >= 11 is 0. The maximum atomic E-state index is 11.8. The van der Waals surface area contributed by atoms with Gasteiger partial charge in [0, 0.05) is 37.6 Å². The number of nitrogens with one attached hydrogen (secondary N) is 1. The van der Waals surface area contributed by atoms with Crippen molar-refractivity contribution in [1.29, 1.82) is 0 Å². The van der Waals surface area contributed by atoms with Crippen molar-refractivity contribution in [3.63, 3.8) is 0 Å². The number of aromatic nitrogens is 4. The fourth-order valence-electron chi connectivity index (χ4n) is 3.61. The normalized spacial score (nSPS) is 13.4. The minimum absolute atomic E-state index is 0.0586. The predicted octanol–water partition coefficient (Wildman–Crippen LogP) is 3.09. The second kappa shape index (κ2) is 9.43. The lowest BCUT2D eigenvalue weighted by molar-refractivity contribution is -0.384. The van der Waals surface area contributed by atoms with Crippen molar-refractivity contribution in [2.45, 2.75) is 25.8 Å². The van der Waals surface area contributed by atoms with Gasteiger partial charge >= 0.3 is 0 Å². The number of ether oxygens (including phenoxy) is 2. The van der Waals surface area contributed by atoms with E-state index in [1.165, 1.54) is 24.1 Å². The van der Waals surface area contributed by atoms with Crippen LogP contribution in [0.15, 0.2) is 30.6 Å². The van der Waals surface area contributed by atoms with Crippen LogP contribution < -0.4 is 15.0 Å². The van der Waals surface area contributed by atoms with Gasteiger partial charge in [0.15, 0.2) is 12.1 Å². The molecule has 1 N–H and O–H groups in total. The van der Waals surface area contributed by atoms with Crippen LogP contribution in [0.2, 0.25) is 0 Å². The number of nitro groups is 1. The zero-order valence-corrected chi connectivity index (χ0v) is 19.3. The molecule has 0 radical (unpaired) electrons. The number of nitro benzene ring substituents is 1. The summed E-state index contributed by atoms with van der Waals surface area (Å²) in [4.78, 5) is 33.3. The molecule has 0 bridgehead atoms. The van der Waals surface area contributed by atoms with Crippen LogP contribution >= 0.6 is 0 Å². The Labute approximate surface area is 195 Å². The average molecular weight is 467 g/mol. The number of rotatable bonds is 9. The summed E-state index contributed by atoms with van der Waals surface area (Å²) < 4.78 is 12.2. The first-order valence-corrected chi connectivity index (χ1v) is 10.6. The van der Waals surface area contributed by atoms with Crippen LogP contribution in [0.5, 0.6) is 5.75 Å². The number of hydrogen-bond acceptors (Lipinski definition) is 10. The molecule has 12 heteroatoms. The molecule has 0 atom stereocenters. The van der Waals surface area contributed by atoms with Crippen LogP contribution in [0.25, 0.3) is 5.82 Å². The first kappa shape index (κ1) is 23.1. The third-order valence-electron chi connectivity index (χ3n) is 5.61. The molecule has 1 fully saturated rings. The zero-order chi connectivity index (χ0) is 24.4. The van der Waals surface area contributed by atoms with E-state index in [4.69, 9.17) is 9.47 Å². The van der Waals surface area contributed by atoms with Crippen LogP contribution in [-0.2, 0) is 4.74 Å². The largest absolute Gasteiger partial charge is 0.494 e. The van der Waals surface area contributed by atoms with Gasteiger partial charge in [-0.05, 0) is 5.92 Å². The van der Waals surface area contributed by atoms with Crippen LogP contribution in [0, 0.1) is 10.1 Å². The van der Waals surface area contributed by atoms with E-state index < -0.39 is 4.92 Å². The summed E-state index contributed by atoms with van der Waals surface area (Å²) in [7, 11) is 3.27. The van der Waals surface area contributed by atoms with E-state index in [-0.39, 0.29) is 23.6 Å². The summed E-state index contributed by atoms with van der Waals surface area (Å²) in [5.41, 5.74) is 1.83. The van der Waals surface area contributed by atoms with Gasteiger partial charge < -0.3 is 19.7 Å². The van der Waals surface area contributed by atoms with Crippen LogP contribution in [0.1, 0.15) is 35.8 Å². The minimum Gasteiger partial charge on any atom is -0.494 e. The Morgan fingerprint density at radius 1 is 1.38 bits per heavy atom. The number of methoxy groups -OCH3 is 1. The highest BCUT2D eigenvalue weighted by Gasteiger charge is 2.30. The van der Waals surface area contributed by atoms with E-state index >= 15 is 0 Å². The van der Waals surface area contributed by atoms with Gasteiger partial charge in [0.1, 0.15) is 11.4 Å². The van der Waals surface area contributed by atoms with Crippen LogP contribution in [-0.4, -0.2) is 64.4 Å². The monoisotopic (exact) mass is 467 g/mol. The van der Waals surface area contributed by atoms with Crippen LogP contribution in [0.3, 0.4) is 0 Å². The highest BCUT2D eigenvalue weighted by molar-refractivity contribution is 5.77. The van der Waals surface area contributed by atoms with Crippen molar-refractivity contribution in [3.8, 4) is 11.6 Å². The first-order valence-electron chi connectivity index (χ1n) is 10.6. The van der Waals surface area contributed by atoms with E-state index in [1.54, 1.807) is 25.4 Å². The van der Waals surface area contributed by atoms with Gasteiger partial charge in [0.25, 0.3) is 5.69 Å². The number of likely N-dealkylation sites (N-methyl/N-ethyl adjacent to an activating group) is 1. The number of nitrogens with zero attached hydrogens (tertiary/aromatic N) is 6. The molecule has 1 aliphatic rings. The molecule has 178 valence electrons. The highest BCUT2D eigenvalue weighted by atomic mass is 16.6. The highest BCUT2D eigenvalue weighted by Crippen LogP contribution is 2.40. The molecular weight excluding hydrogens is 442 g/mol. The number of anilines is 3. The number of hydrogen-bond donors (Lipinski definition) is 1. The molecule has 0 unspecified atom stereocenters. The van der Waals surface area contributed by atoms with Crippen molar-refractivity contribution in [2.24, 2.45) is 0 Å². The minimum atomic E-state index is -0.439. The van der Waals surface area contributed by atoms with Gasteiger partial charge in [-0.3, -0.25) is 14.9 Å². The number of aldehydes is 1. The van der Waals surface area contributed by atoms with Crippen molar-refractivity contribution in [1.82, 2.24) is 19.7 Å². The first-order chi connectivity index (χ1) is 16.3. The van der Waals surface area contributed by atoms with Gasteiger partial charge in [0.05, 0.1) is 48.2 Å². The summed E-state index contributed by atoms with van der Waals surface area (Å²) in [6.45, 7) is 4.92. The summed E-state index contributed by atoms with van der Waals surface area (Å²) in [5, 5.41) is 19.3. The summed E-state index contributed by atoms with van der Waals surface area (Å²) in [5.74, 6) is 1.08. The van der Waals surface area contributed by atoms with Crippen molar-refractivity contribution < 1.29 is 19.2 Å². The molecule has 0 saturated carbocycles. The van der Waals surface area contributed by atoms with Crippen molar-refractivity contribution in [2.75, 3.05) is 37.6 Å². The number of carbonyl (C=O) groups is 1. The fraction of sp³-hybridized carbons (Fsp3) is 0.364. The second-order valence-electron chi connectivity index (χ2n) is 8.15. The topological polar surface area (TPSA) is 138 Å². The van der Waals surface area contributed by atoms with Gasteiger partial charge in [-0.2, -0.15) is 10.1 Å². The summed E-state index contributed by atoms with van der Waals surface area (Å²) in [6, 6.07) is 4.72. The average Bonchev–Trinajstić information content (AvgIpc) is 3.23. The molecule has 3 heterocycles.